The van der Waals surface area contributed by atoms with Gasteiger partial charge in [-0.2, -0.15) is 0 Å². The molecular formula is C19H23ClN2O6. The van der Waals surface area contributed by atoms with Crippen LogP contribution in [-0.4, -0.2) is 43.8 Å². The van der Waals surface area contributed by atoms with Crippen LogP contribution in [-0.2, 0) is 20.7 Å². The highest BCUT2D eigenvalue weighted by molar-refractivity contribution is 6.32. The molecule has 28 heavy (non-hydrogen) atoms. The number of fused-ring (bicyclic) bond motifs is 1. The number of imide groups is 1. The predicted octanol–water partition coefficient (Wildman–Crippen LogP) is 2.36. The molecule has 1 aromatic carbocycles. The molecule has 0 bridgehead atoms. The topological polar surface area (TPSA) is 103 Å². The zero-order valence-corrected chi connectivity index (χ0v) is 16.2. The highest BCUT2D eigenvalue weighted by atomic mass is 35.5. The fourth-order valence-electron chi connectivity index (χ4n) is 3.26. The molecule has 152 valence electrons. The third-order valence-electron chi connectivity index (χ3n) is 4.56. The van der Waals surface area contributed by atoms with Gasteiger partial charge in [0.25, 0.3) is 5.91 Å². The van der Waals surface area contributed by atoms with E-state index in [9.17, 15) is 14.4 Å². The fourth-order valence-corrected chi connectivity index (χ4v) is 3.55. The number of carbonyl (C=O) groups is 3. The van der Waals surface area contributed by atoms with E-state index in [2.05, 4.69) is 10.6 Å². The Balaban J connectivity index is 1.42. The first-order chi connectivity index (χ1) is 13.5. The van der Waals surface area contributed by atoms with E-state index in [-0.39, 0.29) is 12.5 Å². The standard InChI is InChI=1S/C19H23ClN2O6/c20-14-8-12(9-15-18(14)27-7-6-26-15)10-17(24)28-11-16(23)22-19(25)21-13-4-2-1-3-5-13/h8-9,13H,1-7,10-11H2,(H2,21,22,23,25). The highest BCUT2D eigenvalue weighted by Crippen LogP contribution is 2.38. The first-order valence-corrected chi connectivity index (χ1v) is 9.73. The fraction of sp³-hybridized carbons (Fsp3) is 0.526. The molecule has 1 saturated carbocycles. The molecule has 8 nitrogen and oxygen atoms in total. The molecular weight excluding hydrogens is 388 g/mol. The van der Waals surface area contributed by atoms with Crippen molar-refractivity contribution < 1.29 is 28.6 Å². The molecule has 1 aromatic rings. The second-order valence-corrected chi connectivity index (χ2v) is 7.20. The van der Waals surface area contributed by atoms with E-state index in [1.54, 1.807) is 12.1 Å². The van der Waals surface area contributed by atoms with E-state index in [1.807, 2.05) is 0 Å². The summed E-state index contributed by atoms with van der Waals surface area (Å²) in [5.41, 5.74) is 0.578. The third kappa shape index (κ3) is 5.76. The number of nitrogens with one attached hydrogen (secondary N) is 2. The van der Waals surface area contributed by atoms with E-state index < -0.39 is 24.5 Å². The van der Waals surface area contributed by atoms with Gasteiger partial charge in [-0.1, -0.05) is 30.9 Å². The predicted molar refractivity (Wildman–Crippen MR) is 101 cm³/mol. The van der Waals surface area contributed by atoms with E-state index in [0.29, 0.717) is 35.3 Å². The molecule has 0 radical (unpaired) electrons. The quantitative estimate of drug-likeness (QED) is 0.722. The van der Waals surface area contributed by atoms with Crippen molar-refractivity contribution in [3.05, 3.63) is 22.7 Å². The largest absolute Gasteiger partial charge is 0.486 e. The lowest BCUT2D eigenvalue weighted by molar-refractivity contribution is -0.147. The van der Waals surface area contributed by atoms with Crippen LogP contribution in [0.1, 0.15) is 37.7 Å². The van der Waals surface area contributed by atoms with Crippen LogP contribution in [0.5, 0.6) is 11.5 Å². The molecule has 3 rings (SSSR count). The monoisotopic (exact) mass is 410 g/mol. The Morgan fingerprint density at radius 2 is 1.86 bits per heavy atom. The second-order valence-electron chi connectivity index (χ2n) is 6.80. The lowest BCUT2D eigenvalue weighted by atomic mass is 9.96. The summed E-state index contributed by atoms with van der Waals surface area (Å²) < 4.78 is 15.8. The molecule has 2 aliphatic rings. The smallest absolute Gasteiger partial charge is 0.321 e. The molecule has 2 N–H and O–H groups in total. The van der Waals surface area contributed by atoms with Crippen LogP contribution in [0.3, 0.4) is 0 Å². The molecule has 0 saturated heterocycles. The Bertz CT molecular complexity index is 748. The Morgan fingerprint density at radius 1 is 1.11 bits per heavy atom. The summed E-state index contributed by atoms with van der Waals surface area (Å²) in [6.07, 6.45) is 5.05. The average Bonchev–Trinajstić information content (AvgIpc) is 2.67. The zero-order valence-electron chi connectivity index (χ0n) is 15.4. The Hall–Kier alpha value is -2.48. The minimum absolute atomic E-state index is 0.0854. The van der Waals surface area contributed by atoms with Crippen LogP contribution in [0.4, 0.5) is 4.79 Å². The van der Waals surface area contributed by atoms with Gasteiger partial charge in [0.2, 0.25) is 0 Å². The number of urea groups is 1. The van der Waals surface area contributed by atoms with E-state index in [1.165, 1.54) is 6.42 Å². The number of rotatable bonds is 5. The molecule has 3 amide bonds. The van der Waals surface area contributed by atoms with Crippen LogP contribution in [0.25, 0.3) is 0 Å². The number of amides is 3. The Morgan fingerprint density at radius 3 is 2.64 bits per heavy atom. The van der Waals surface area contributed by atoms with Gasteiger partial charge in [0.05, 0.1) is 11.4 Å². The first kappa shape index (κ1) is 20.3. The van der Waals surface area contributed by atoms with Gasteiger partial charge in [-0.05, 0) is 30.5 Å². The van der Waals surface area contributed by atoms with Crippen LogP contribution < -0.4 is 20.1 Å². The summed E-state index contributed by atoms with van der Waals surface area (Å²) in [6, 6.07) is 2.77. The van der Waals surface area contributed by atoms with Gasteiger partial charge in [0.15, 0.2) is 18.1 Å². The maximum absolute atomic E-state index is 12.0. The molecule has 1 aliphatic heterocycles. The summed E-state index contributed by atoms with van der Waals surface area (Å²) in [7, 11) is 0. The average molecular weight is 411 g/mol. The molecule has 1 fully saturated rings. The summed E-state index contributed by atoms with van der Waals surface area (Å²) >= 11 is 6.13. The van der Waals surface area contributed by atoms with Crippen molar-refractivity contribution in [2.24, 2.45) is 0 Å². The molecule has 0 unspecified atom stereocenters. The van der Waals surface area contributed by atoms with Crippen molar-refractivity contribution in [1.82, 2.24) is 10.6 Å². The van der Waals surface area contributed by atoms with Gasteiger partial charge in [0, 0.05) is 6.04 Å². The summed E-state index contributed by atoms with van der Waals surface area (Å²) in [5, 5.41) is 5.28. The number of ether oxygens (including phenoxy) is 3. The van der Waals surface area contributed by atoms with Crippen LogP contribution in [0.15, 0.2) is 12.1 Å². The molecule has 1 heterocycles. The highest BCUT2D eigenvalue weighted by Gasteiger charge is 2.20. The summed E-state index contributed by atoms with van der Waals surface area (Å²) in [5.74, 6) is -0.371. The van der Waals surface area contributed by atoms with Crippen molar-refractivity contribution in [2.75, 3.05) is 19.8 Å². The molecule has 0 spiro atoms. The molecule has 0 atom stereocenters. The van der Waals surface area contributed by atoms with Gasteiger partial charge in [-0.25, -0.2) is 4.79 Å². The molecule has 0 aromatic heterocycles. The van der Waals surface area contributed by atoms with Crippen LogP contribution in [0.2, 0.25) is 5.02 Å². The minimum atomic E-state index is -0.679. The van der Waals surface area contributed by atoms with Crippen LogP contribution in [0, 0.1) is 0 Å². The number of carbonyl (C=O) groups excluding carboxylic acids is 3. The SMILES string of the molecule is O=C(COC(=O)Cc1cc(Cl)c2c(c1)OCCO2)NC(=O)NC1CCCCC1. The summed E-state index contributed by atoms with van der Waals surface area (Å²) in [4.78, 5) is 35.6. The van der Waals surface area contributed by atoms with Gasteiger partial charge < -0.3 is 19.5 Å². The van der Waals surface area contributed by atoms with Gasteiger partial charge in [0.1, 0.15) is 13.2 Å². The van der Waals surface area contributed by atoms with E-state index >= 15 is 0 Å². The number of esters is 1. The lowest BCUT2D eigenvalue weighted by Gasteiger charge is -2.22. The van der Waals surface area contributed by atoms with Crippen molar-refractivity contribution in [2.45, 2.75) is 44.6 Å². The first-order valence-electron chi connectivity index (χ1n) is 9.35. The number of benzene rings is 1. The molecule has 1 aliphatic carbocycles. The number of hydrogen-bond acceptors (Lipinski definition) is 6. The Kier molecular flexibility index (Phi) is 6.97. The minimum Gasteiger partial charge on any atom is -0.486 e. The van der Waals surface area contributed by atoms with Gasteiger partial charge >= 0.3 is 12.0 Å². The van der Waals surface area contributed by atoms with Gasteiger partial charge in [-0.15, -0.1) is 0 Å². The van der Waals surface area contributed by atoms with Gasteiger partial charge in [-0.3, -0.25) is 14.9 Å². The molecule has 9 heteroatoms. The number of halogens is 1. The van der Waals surface area contributed by atoms with Crippen LogP contribution >= 0.6 is 11.6 Å². The van der Waals surface area contributed by atoms with E-state index in [4.69, 9.17) is 25.8 Å². The maximum Gasteiger partial charge on any atom is 0.321 e. The lowest BCUT2D eigenvalue weighted by Crippen LogP contribution is -2.46. The van der Waals surface area contributed by atoms with Crippen molar-refractivity contribution in [3.63, 3.8) is 0 Å². The second kappa shape index (κ2) is 9.64. The third-order valence-corrected chi connectivity index (χ3v) is 4.84. The zero-order chi connectivity index (χ0) is 19.9. The van der Waals surface area contributed by atoms with E-state index in [0.717, 1.165) is 25.7 Å². The number of hydrogen-bond donors (Lipinski definition) is 2. The van der Waals surface area contributed by atoms with Crippen molar-refractivity contribution in [1.29, 1.82) is 0 Å². The van der Waals surface area contributed by atoms with Crippen molar-refractivity contribution in [3.8, 4) is 11.5 Å². The normalized spacial score (nSPS) is 16.2. The maximum atomic E-state index is 12.0. The van der Waals surface area contributed by atoms with Crippen molar-refractivity contribution >= 4 is 29.5 Å². The summed E-state index contributed by atoms with van der Waals surface area (Å²) in [6.45, 7) is 0.285. The Labute approximate surface area is 167 Å².